The van der Waals surface area contributed by atoms with Gasteiger partial charge in [0.1, 0.15) is 0 Å². The van der Waals surface area contributed by atoms with Gasteiger partial charge >= 0.3 is 0 Å². The van der Waals surface area contributed by atoms with Gasteiger partial charge < -0.3 is 60.0 Å². The van der Waals surface area contributed by atoms with Crippen molar-refractivity contribution in [3.63, 3.8) is 0 Å². The maximum atomic E-state index is 13.0. The molecule has 0 aromatic rings. The number of nitrogens with one attached hydrogen (secondary N) is 1. The fourth-order valence-corrected chi connectivity index (χ4v) is 7.30. The van der Waals surface area contributed by atoms with Gasteiger partial charge in [-0.15, -0.1) is 0 Å². The van der Waals surface area contributed by atoms with E-state index < -0.39 is 98.4 Å². The van der Waals surface area contributed by atoms with Crippen LogP contribution in [0.5, 0.6) is 0 Å². The smallest absolute Gasteiger partial charge is 0.242 e. The summed E-state index contributed by atoms with van der Waals surface area (Å²) in [4.78, 5) is 166. The molecular weight excluding hydrogens is 961 g/mol. The average Bonchev–Trinajstić information content (AvgIpc) is 3.31. The zero-order valence-corrected chi connectivity index (χ0v) is 47.2. The number of rotatable bonds is 34. The second-order valence-electron chi connectivity index (χ2n) is 20.5. The van der Waals surface area contributed by atoms with Gasteiger partial charge in [-0.3, -0.25) is 57.5 Å². The van der Waals surface area contributed by atoms with Crippen LogP contribution in [0.2, 0.25) is 0 Å². The molecule has 0 aromatic carbocycles. The number of carbonyl (C=O) groups is 12. The van der Waals surface area contributed by atoms with Gasteiger partial charge in [0.2, 0.25) is 65.0 Å². The molecule has 0 aromatic heterocycles. The van der Waals surface area contributed by atoms with Gasteiger partial charge in [0.15, 0.2) is 5.78 Å². The number of hydrogen-bond acceptors (Lipinski definition) is 13. The quantitative estimate of drug-likeness (QED) is 0.0697. The zero-order valence-electron chi connectivity index (χ0n) is 47.2. The molecule has 11 amide bonds. The van der Waals surface area contributed by atoms with Gasteiger partial charge in [-0.1, -0.05) is 41.0 Å². The topological polar surface area (TPSA) is 275 Å². The molecule has 24 heteroatoms. The van der Waals surface area contributed by atoms with Crippen LogP contribution in [0.15, 0.2) is 0 Å². The molecule has 0 radical (unpaired) electrons. The second-order valence-corrected chi connectivity index (χ2v) is 20.5. The minimum Gasteiger partial charge on any atom is -0.356 e. The molecule has 0 aliphatic carbocycles. The molecule has 0 rings (SSSR count). The summed E-state index contributed by atoms with van der Waals surface area (Å²) in [5, 5.41) is 2.92. The Bertz CT molecular complexity index is 1930. The molecule has 0 spiro atoms. The third-order valence-electron chi connectivity index (χ3n) is 12.3. The van der Waals surface area contributed by atoms with Crippen LogP contribution in [0.4, 0.5) is 0 Å². The molecule has 74 heavy (non-hydrogen) atoms. The third-order valence-corrected chi connectivity index (χ3v) is 12.3. The van der Waals surface area contributed by atoms with Crippen LogP contribution in [-0.2, 0) is 57.5 Å². The summed E-state index contributed by atoms with van der Waals surface area (Å²) in [6, 6.07) is 0. The van der Waals surface area contributed by atoms with E-state index in [1.54, 1.807) is 6.92 Å². The van der Waals surface area contributed by atoms with Crippen molar-refractivity contribution in [3.05, 3.63) is 0 Å². The standard InChI is InChI=1S/C50H90N12O12/c1-35(2)19-18-22-52-49(73)38(20-16-17-21-51)24-39(63)25-53(6)40(64)26-54(7)41(65)27-55(8)42(66)28-56(9)43(67)29-57(10)44(68)30-58(11)45(69)31-59(12)46(70)32-60(13)47(71)33-61(14)48(72)34-62(15)50(74)37(5)23-36(3)4/h35-38H,16-34,51H2,1-15H3,(H,52,73)/t37-,38-/m1/s1. The van der Waals surface area contributed by atoms with Crippen LogP contribution in [0.1, 0.15) is 79.6 Å². The lowest BCUT2D eigenvalue weighted by atomic mass is 9.94. The zero-order chi connectivity index (χ0) is 57.2. The van der Waals surface area contributed by atoms with Crippen LogP contribution < -0.4 is 11.1 Å². The predicted molar refractivity (Wildman–Crippen MR) is 278 cm³/mol. The molecule has 0 saturated heterocycles. The van der Waals surface area contributed by atoms with E-state index in [2.05, 4.69) is 19.2 Å². The second kappa shape index (κ2) is 34.3. The largest absolute Gasteiger partial charge is 0.356 e. The molecule has 0 fully saturated rings. The van der Waals surface area contributed by atoms with Crippen LogP contribution >= 0.6 is 0 Å². The number of unbranched alkanes of at least 4 members (excludes halogenated alkanes) is 1. The molecule has 0 saturated carbocycles. The number of hydrogen-bond donors (Lipinski definition) is 2. The summed E-state index contributed by atoms with van der Waals surface area (Å²) < 4.78 is 0. The van der Waals surface area contributed by atoms with Gasteiger partial charge in [-0.25, -0.2) is 0 Å². The first kappa shape index (κ1) is 67.8. The molecule has 0 unspecified atom stereocenters. The Morgan fingerprint density at radius 3 is 0.959 bits per heavy atom. The van der Waals surface area contributed by atoms with Crippen LogP contribution in [0.25, 0.3) is 0 Å². The predicted octanol–water partition coefficient (Wildman–Crippen LogP) is -1.49. The minimum atomic E-state index is -0.624. The third kappa shape index (κ3) is 26.7. The first-order valence-electron chi connectivity index (χ1n) is 25.2. The van der Waals surface area contributed by atoms with Crippen molar-refractivity contribution >= 4 is 70.8 Å². The summed E-state index contributed by atoms with van der Waals surface area (Å²) in [6.45, 7) is 7.12. The lowest BCUT2D eigenvalue weighted by Crippen LogP contribution is -2.49. The number of ketones is 1. The Balaban J connectivity index is 5.01. The number of nitrogens with two attached hydrogens (primary N) is 1. The molecule has 0 aliphatic rings. The first-order valence-corrected chi connectivity index (χ1v) is 25.2. The number of likely N-dealkylation sites (N-methyl/N-ethyl adjacent to an activating group) is 10. The fraction of sp³-hybridized carbons (Fsp3) is 0.760. The van der Waals surface area contributed by atoms with Gasteiger partial charge in [0.25, 0.3) is 0 Å². The van der Waals surface area contributed by atoms with Gasteiger partial charge in [0, 0.05) is 95.3 Å². The number of carbonyl (C=O) groups excluding carboxylic acids is 12. The molecule has 0 bridgehead atoms. The summed E-state index contributed by atoms with van der Waals surface area (Å²) >= 11 is 0. The van der Waals surface area contributed by atoms with Gasteiger partial charge in [-0.05, 0) is 50.5 Å². The van der Waals surface area contributed by atoms with E-state index in [1.807, 2.05) is 13.8 Å². The number of amides is 11. The van der Waals surface area contributed by atoms with E-state index in [-0.39, 0.29) is 56.1 Å². The highest BCUT2D eigenvalue weighted by molar-refractivity contribution is 5.94. The highest BCUT2D eigenvalue weighted by Gasteiger charge is 2.28. The van der Waals surface area contributed by atoms with E-state index in [9.17, 15) is 57.5 Å². The molecular formula is C50H90N12O12. The Labute approximate surface area is 439 Å². The van der Waals surface area contributed by atoms with Crippen molar-refractivity contribution in [2.45, 2.75) is 79.6 Å². The summed E-state index contributed by atoms with van der Waals surface area (Å²) in [7, 11) is 13.8. The molecule has 0 aliphatic heterocycles. The molecule has 24 nitrogen and oxygen atoms in total. The maximum Gasteiger partial charge on any atom is 0.242 e. The maximum absolute atomic E-state index is 13.0. The monoisotopic (exact) mass is 1050 g/mol. The summed E-state index contributed by atoms with van der Waals surface area (Å²) in [5.41, 5.74) is 5.63. The van der Waals surface area contributed by atoms with E-state index in [4.69, 9.17) is 5.73 Å². The molecule has 3 N–H and O–H groups in total. The Hall–Kier alpha value is -6.20. The highest BCUT2D eigenvalue weighted by Crippen LogP contribution is 2.16. The fourth-order valence-electron chi connectivity index (χ4n) is 7.30. The van der Waals surface area contributed by atoms with Gasteiger partial charge in [0.05, 0.1) is 65.4 Å². The Morgan fingerprint density at radius 1 is 0.378 bits per heavy atom. The van der Waals surface area contributed by atoms with Crippen molar-refractivity contribution in [3.8, 4) is 0 Å². The van der Waals surface area contributed by atoms with Crippen LogP contribution in [0, 0.1) is 23.7 Å². The molecule has 2 atom stereocenters. The van der Waals surface area contributed by atoms with E-state index in [1.165, 1.54) is 80.3 Å². The normalized spacial score (nSPS) is 11.7. The average molecular weight is 1050 g/mol. The van der Waals surface area contributed by atoms with E-state index >= 15 is 0 Å². The van der Waals surface area contributed by atoms with Gasteiger partial charge in [-0.2, -0.15) is 0 Å². The van der Waals surface area contributed by atoms with Crippen molar-refractivity contribution in [1.82, 2.24) is 54.3 Å². The van der Waals surface area contributed by atoms with Crippen molar-refractivity contribution in [2.75, 3.05) is 149 Å². The summed E-state index contributed by atoms with van der Waals surface area (Å²) in [5.74, 6) is -5.91. The first-order chi connectivity index (χ1) is 34.3. The van der Waals surface area contributed by atoms with Crippen LogP contribution in [0.3, 0.4) is 0 Å². The Kier molecular flexibility index (Phi) is 31.4. The molecule has 0 heterocycles. The lowest BCUT2D eigenvalue weighted by molar-refractivity contribution is -0.146. The van der Waals surface area contributed by atoms with Crippen molar-refractivity contribution in [1.29, 1.82) is 0 Å². The van der Waals surface area contributed by atoms with E-state index in [0.717, 1.165) is 52.0 Å². The molecule has 422 valence electrons. The number of Topliss-reactive ketones (excluding diaryl/α,β-unsaturated/α-hetero) is 1. The summed E-state index contributed by atoms with van der Waals surface area (Å²) in [6.07, 6.45) is 4.28. The number of nitrogens with zero attached hydrogens (tertiary/aromatic N) is 10. The van der Waals surface area contributed by atoms with Crippen LogP contribution in [-0.4, -0.2) is 269 Å². The van der Waals surface area contributed by atoms with Crippen molar-refractivity contribution < 1.29 is 57.5 Å². The minimum absolute atomic E-state index is 0.0480. The Morgan fingerprint density at radius 2 is 0.676 bits per heavy atom. The van der Waals surface area contributed by atoms with Crippen molar-refractivity contribution in [2.24, 2.45) is 29.4 Å². The van der Waals surface area contributed by atoms with E-state index in [0.29, 0.717) is 50.6 Å². The SMILES string of the molecule is CC(C)CCCNC(=O)[C@H](CCCCN)CC(=O)CN(C)C(=O)CN(C)C(=O)CN(C)C(=O)CN(C)C(=O)CN(C)C(=O)CN(C)C(=O)CN(C)C(=O)CN(C)C(=O)CN(C)C(=O)CN(C)C(=O)[C@H](C)CC(C)C. The lowest BCUT2D eigenvalue weighted by Gasteiger charge is -2.27. The highest BCUT2D eigenvalue weighted by atomic mass is 16.2.